The summed E-state index contributed by atoms with van der Waals surface area (Å²) in [6.07, 6.45) is -3.02. The summed E-state index contributed by atoms with van der Waals surface area (Å²) in [4.78, 5) is 9.97. The van der Waals surface area contributed by atoms with Crippen LogP contribution in [0.15, 0.2) is 6.07 Å². The van der Waals surface area contributed by atoms with Gasteiger partial charge in [-0.3, -0.25) is 0 Å². The zero-order chi connectivity index (χ0) is 14.0. The summed E-state index contributed by atoms with van der Waals surface area (Å²) in [5.41, 5.74) is 2.42. The molecular formula is C11H16F3N5. The first-order valence-electron chi connectivity index (χ1n) is 6.02. The van der Waals surface area contributed by atoms with Crippen molar-refractivity contribution in [2.24, 2.45) is 5.84 Å². The number of nitrogen functional groups attached to an aromatic ring is 1. The van der Waals surface area contributed by atoms with Crippen molar-refractivity contribution >= 4 is 11.6 Å². The van der Waals surface area contributed by atoms with Crippen LogP contribution in [0.25, 0.3) is 0 Å². The van der Waals surface area contributed by atoms with Crippen LogP contribution < -0.4 is 16.2 Å². The van der Waals surface area contributed by atoms with Crippen LogP contribution in [0.2, 0.25) is 0 Å². The second-order valence-electron chi connectivity index (χ2n) is 4.67. The normalized spacial score (nSPS) is 15.4. The van der Waals surface area contributed by atoms with Crippen molar-refractivity contribution in [2.45, 2.75) is 31.4 Å². The van der Waals surface area contributed by atoms with Gasteiger partial charge >= 0.3 is 6.18 Å². The maximum Gasteiger partial charge on any atom is 0.390 e. The van der Waals surface area contributed by atoms with E-state index in [0.717, 1.165) is 12.8 Å². The first kappa shape index (κ1) is 13.9. The highest BCUT2D eigenvalue weighted by Gasteiger charge is 2.29. The maximum absolute atomic E-state index is 12.2. The number of rotatable bonds is 5. The van der Waals surface area contributed by atoms with Crippen LogP contribution in [-0.2, 0) is 0 Å². The molecule has 3 N–H and O–H groups in total. The van der Waals surface area contributed by atoms with Crippen LogP contribution in [0.1, 0.15) is 31.0 Å². The molecule has 0 radical (unpaired) electrons. The van der Waals surface area contributed by atoms with Gasteiger partial charge < -0.3 is 10.3 Å². The summed E-state index contributed by atoms with van der Waals surface area (Å²) in [5, 5.41) is 0. The number of halogens is 3. The SMILES string of the molecule is CN(CCC(F)(F)F)c1cc(NN)nc(C2CC2)n1. The van der Waals surface area contributed by atoms with Crippen molar-refractivity contribution in [2.75, 3.05) is 23.9 Å². The first-order chi connectivity index (χ1) is 8.89. The number of anilines is 2. The number of hydrazine groups is 1. The lowest BCUT2D eigenvalue weighted by molar-refractivity contribution is -0.132. The Hall–Kier alpha value is -1.57. The van der Waals surface area contributed by atoms with Gasteiger partial charge in [-0.05, 0) is 12.8 Å². The van der Waals surface area contributed by atoms with E-state index in [1.165, 1.54) is 4.90 Å². The van der Waals surface area contributed by atoms with E-state index in [1.807, 2.05) is 0 Å². The summed E-state index contributed by atoms with van der Waals surface area (Å²) >= 11 is 0. The standard InChI is InChI=1S/C11H16F3N5/c1-19(5-4-11(12,13)14)9-6-8(18-15)16-10(17-9)7-2-3-7/h6-7H,2-5,15H2,1H3,(H,16,17,18). The van der Waals surface area contributed by atoms with E-state index >= 15 is 0 Å². The Morgan fingerprint density at radius 3 is 2.63 bits per heavy atom. The molecule has 1 aromatic rings. The predicted molar refractivity (Wildman–Crippen MR) is 65.8 cm³/mol. The van der Waals surface area contributed by atoms with Crippen molar-refractivity contribution in [3.05, 3.63) is 11.9 Å². The van der Waals surface area contributed by atoms with Crippen molar-refractivity contribution in [3.8, 4) is 0 Å². The van der Waals surface area contributed by atoms with Gasteiger partial charge in [0.05, 0.1) is 6.42 Å². The highest BCUT2D eigenvalue weighted by atomic mass is 19.4. The van der Waals surface area contributed by atoms with Crippen molar-refractivity contribution in [3.63, 3.8) is 0 Å². The number of alkyl halides is 3. The Morgan fingerprint density at radius 1 is 1.42 bits per heavy atom. The number of nitrogens with zero attached hydrogens (tertiary/aromatic N) is 3. The number of nitrogens with two attached hydrogens (primary N) is 1. The van der Waals surface area contributed by atoms with E-state index in [4.69, 9.17) is 5.84 Å². The molecule has 106 valence electrons. The topological polar surface area (TPSA) is 67.1 Å². The van der Waals surface area contributed by atoms with Crippen LogP contribution in [-0.4, -0.2) is 29.7 Å². The molecule has 0 aliphatic heterocycles. The molecular weight excluding hydrogens is 259 g/mol. The minimum Gasteiger partial charge on any atom is -0.359 e. The molecule has 0 spiro atoms. The average Bonchev–Trinajstić information content (AvgIpc) is 3.18. The minimum atomic E-state index is -4.17. The van der Waals surface area contributed by atoms with E-state index < -0.39 is 12.6 Å². The second kappa shape index (κ2) is 5.20. The van der Waals surface area contributed by atoms with E-state index in [1.54, 1.807) is 13.1 Å². The number of hydrogen-bond acceptors (Lipinski definition) is 5. The van der Waals surface area contributed by atoms with Gasteiger partial charge in [0.2, 0.25) is 0 Å². The van der Waals surface area contributed by atoms with Crippen molar-refractivity contribution < 1.29 is 13.2 Å². The summed E-state index contributed by atoms with van der Waals surface area (Å²) in [7, 11) is 1.57. The van der Waals surface area contributed by atoms with E-state index in [-0.39, 0.29) is 6.54 Å². The number of hydrogen-bond donors (Lipinski definition) is 2. The van der Waals surface area contributed by atoms with Crippen LogP contribution in [0.3, 0.4) is 0 Å². The zero-order valence-corrected chi connectivity index (χ0v) is 10.5. The summed E-state index contributed by atoms with van der Waals surface area (Å²) in [6, 6.07) is 1.54. The van der Waals surface area contributed by atoms with Gasteiger partial charge in [-0.15, -0.1) is 0 Å². The molecule has 0 atom stereocenters. The minimum absolute atomic E-state index is 0.144. The molecule has 0 saturated heterocycles. The van der Waals surface area contributed by atoms with E-state index in [9.17, 15) is 13.2 Å². The van der Waals surface area contributed by atoms with Gasteiger partial charge in [-0.1, -0.05) is 0 Å². The highest BCUT2D eigenvalue weighted by molar-refractivity contribution is 5.49. The largest absolute Gasteiger partial charge is 0.390 e. The molecule has 2 rings (SSSR count). The summed E-state index contributed by atoms with van der Waals surface area (Å²) in [6.45, 7) is -0.144. The third-order valence-electron chi connectivity index (χ3n) is 2.94. The molecule has 5 nitrogen and oxygen atoms in total. The molecule has 19 heavy (non-hydrogen) atoms. The Balaban J connectivity index is 2.11. The van der Waals surface area contributed by atoms with Gasteiger partial charge in [0.1, 0.15) is 17.5 Å². The Bertz CT molecular complexity index is 444. The molecule has 1 aliphatic carbocycles. The second-order valence-corrected chi connectivity index (χ2v) is 4.67. The van der Waals surface area contributed by atoms with Crippen LogP contribution in [0.4, 0.5) is 24.8 Å². The summed E-state index contributed by atoms with van der Waals surface area (Å²) in [5.74, 6) is 7.14. The van der Waals surface area contributed by atoms with Crippen molar-refractivity contribution in [1.29, 1.82) is 0 Å². The van der Waals surface area contributed by atoms with Crippen molar-refractivity contribution in [1.82, 2.24) is 9.97 Å². The average molecular weight is 275 g/mol. The smallest absolute Gasteiger partial charge is 0.359 e. The Labute approximate surface area is 109 Å². The predicted octanol–water partition coefficient (Wildman–Crippen LogP) is 2.03. The lowest BCUT2D eigenvalue weighted by atomic mass is 10.3. The third kappa shape index (κ3) is 3.95. The van der Waals surface area contributed by atoms with Crippen LogP contribution in [0.5, 0.6) is 0 Å². The Morgan fingerprint density at radius 2 is 2.11 bits per heavy atom. The highest BCUT2D eigenvalue weighted by Crippen LogP contribution is 2.39. The first-order valence-corrected chi connectivity index (χ1v) is 6.02. The molecule has 8 heteroatoms. The quantitative estimate of drug-likeness (QED) is 0.635. The van der Waals surface area contributed by atoms with Gasteiger partial charge in [0, 0.05) is 25.6 Å². The van der Waals surface area contributed by atoms with E-state index in [2.05, 4.69) is 15.4 Å². The molecule has 1 fully saturated rings. The molecule has 0 aromatic carbocycles. The molecule has 0 amide bonds. The van der Waals surface area contributed by atoms with Gasteiger partial charge in [0.15, 0.2) is 0 Å². The van der Waals surface area contributed by atoms with Gasteiger partial charge in [0.25, 0.3) is 0 Å². The van der Waals surface area contributed by atoms with Crippen LogP contribution >= 0.6 is 0 Å². The van der Waals surface area contributed by atoms with Gasteiger partial charge in [-0.2, -0.15) is 13.2 Å². The lowest BCUT2D eigenvalue weighted by Gasteiger charge is -2.20. The molecule has 1 aliphatic rings. The molecule has 1 heterocycles. The fourth-order valence-electron chi connectivity index (χ4n) is 1.66. The van der Waals surface area contributed by atoms with Crippen LogP contribution in [0, 0.1) is 0 Å². The molecule has 0 bridgehead atoms. The monoisotopic (exact) mass is 275 g/mol. The van der Waals surface area contributed by atoms with E-state index in [0.29, 0.717) is 23.4 Å². The lowest BCUT2D eigenvalue weighted by Crippen LogP contribution is -2.25. The third-order valence-corrected chi connectivity index (χ3v) is 2.94. The molecule has 1 saturated carbocycles. The molecule has 1 aromatic heterocycles. The summed E-state index contributed by atoms with van der Waals surface area (Å²) < 4.78 is 36.6. The number of nitrogens with one attached hydrogen (secondary N) is 1. The number of aromatic nitrogens is 2. The maximum atomic E-state index is 12.2. The zero-order valence-electron chi connectivity index (χ0n) is 10.5. The fraction of sp³-hybridized carbons (Fsp3) is 0.636. The van der Waals surface area contributed by atoms with Gasteiger partial charge in [-0.25, -0.2) is 15.8 Å². The molecule has 0 unspecified atom stereocenters. The fourth-order valence-corrected chi connectivity index (χ4v) is 1.66. The Kier molecular flexibility index (Phi) is 3.79.